The van der Waals surface area contributed by atoms with Crippen molar-refractivity contribution in [3.63, 3.8) is 0 Å². The van der Waals surface area contributed by atoms with Crippen LogP contribution in [0, 0.1) is 11.7 Å². The van der Waals surface area contributed by atoms with Crippen molar-refractivity contribution in [2.24, 2.45) is 5.92 Å². The van der Waals surface area contributed by atoms with Crippen LogP contribution in [0.5, 0.6) is 0 Å². The van der Waals surface area contributed by atoms with Crippen LogP contribution in [0.25, 0.3) is 0 Å². The molecule has 1 aliphatic carbocycles. The van der Waals surface area contributed by atoms with Crippen molar-refractivity contribution in [1.29, 1.82) is 0 Å². The first kappa shape index (κ1) is 23.9. The van der Waals surface area contributed by atoms with E-state index in [2.05, 4.69) is 22.3 Å². The summed E-state index contributed by atoms with van der Waals surface area (Å²) in [6.07, 6.45) is 3.40. The van der Waals surface area contributed by atoms with Gasteiger partial charge in [-0.3, -0.25) is 14.5 Å². The number of carbonyl (C=O) groups excluding carboxylic acids is 2. The van der Waals surface area contributed by atoms with Crippen LogP contribution in [-0.4, -0.2) is 77.9 Å². The minimum absolute atomic E-state index is 0.0851. The van der Waals surface area contributed by atoms with Gasteiger partial charge in [-0.1, -0.05) is 42.5 Å². The standard InChI is InChI=1S/C28H35FN4O2/c29-24-10-6-22(7-11-24)19-32(15-12-21-4-2-1-3-5-21)25-18-26(28(35)31-16-13-30-14-17-31)33(20-25)27(34)23-8-9-23/h1-7,10-11,23,25-26,30H,8-9,12-20H2. The molecule has 3 fully saturated rings. The fourth-order valence-electron chi connectivity index (χ4n) is 5.35. The summed E-state index contributed by atoms with van der Waals surface area (Å²) < 4.78 is 13.5. The third-order valence-electron chi connectivity index (χ3n) is 7.55. The number of rotatable bonds is 8. The minimum Gasteiger partial charge on any atom is -0.338 e. The topological polar surface area (TPSA) is 55.9 Å². The lowest BCUT2D eigenvalue weighted by molar-refractivity contribution is -0.144. The first-order valence-corrected chi connectivity index (χ1v) is 12.9. The third kappa shape index (κ3) is 5.90. The largest absolute Gasteiger partial charge is 0.338 e. The van der Waals surface area contributed by atoms with Gasteiger partial charge in [-0.15, -0.1) is 0 Å². The smallest absolute Gasteiger partial charge is 0.245 e. The van der Waals surface area contributed by atoms with Gasteiger partial charge in [-0.25, -0.2) is 4.39 Å². The summed E-state index contributed by atoms with van der Waals surface area (Å²) >= 11 is 0. The Hall–Kier alpha value is -2.77. The number of carbonyl (C=O) groups is 2. The molecule has 5 rings (SSSR count). The SMILES string of the molecule is O=C(C1CC(N(CCc2ccccc2)Cc2ccc(F)cc2)CN1C(=O)C1CC1)N1CCNCC1. The molecule has 186 valence electrons. The Bertz CT molecular complexity index is 1010. The van der Waals surface area contributed by atoms with Gasteiger partial charge in [0.05, 0.1) is 0 Å². The average molecular weight is 479 g/mol. The second-order valence-electron chi connectivity index (χ2n) is 10.1. The molecule has 0 spiro atoms. The normalized spacial score (nSPS) is 22.6. The highest BCUT2D eigenvalue weighted by atomic mass is 19.1. The monoisotopic (exact) mass is 478 g/mol. The molecular formula is C28H35FN4O2. The van der Waals surface area contributed by atoms with Gasteiger partial charge in [0.25, 0.3) is 0 Å². The molecular weight excluding hydrogens is 443 g/mol. The molecule has 2 aliphatic heterocycles. The van der Waals surface area contributed by atoms with Crippen molar-refractivity contribution in [1.82, 2.24) is 20.0 Å². The van der Waals surface area contributed by atoms with E-state index in [1.165, 1.54) is 17.7 Å². The van der Waals surface area contributed by atoms with Crippen LogP contribution >= 0.6 is 0 Å². The van der Waals surface area contributed by atoms with Crippen LogP contribution in [-0.2, 0) is 22.6 Å². The summed E-state index contributed by atoms with van der Waals surface area (Å²) in [5.41, 5.74) is 2.30. The van der Waals surface area contributed by atoms with E-state index in [0.29, 0.717) is 32.6 Å². The van der Waals surface area contributed by atoms with E-state index in [9.17, 15) is 14.0 Å². The summed E-state index contributed by atoms with van der Waals surface area (Å²) in [6, 6.07) is 16.7. The molecule has 3 aliphatic rings. The first-order valence-electron chi connectivity index (χ1n) is 12.9. The Balaban J connectivity index is 1.35. The molecule has 0 aromatic heterocycles. The maximum atomic E-state index is 13.5. The van der Waals surface area contributed by atoms with E-state index in [-0.39, 0.29) is 29.6 Å². The van der Waals surface area contributed by atoms with E-state index >= 15 is 0 Å². The van der Waals surface area contributed by atoms with E-state index in [4.69, 9.17) is 0 Å². The van der Waals surface area contributed by atoms with Gasteiger partial charge in [0, 0.05) is 57.8 Å². The maximum Gasteiger partial charge on any atom is 0.245 e. The van der Waals surface area contributed by atoms with Gasteiger partial charge in [0.15, 0.2) is 0 Å². The summed E-state index contributed by atoms with van der Waals surface area (Å²) in [6.45, 7) is 5.04. The van der Waals surface area contributed by atoms with Crippen LogP contribution in [0.4, 0.5) is 4.39 Å². The first-order chi connectivity index (χ1) is 17.1. The number of likely N-dealkylation sites (tertiary alicyclic amines) is 1. The van der Waals surface area contributed by atoms with Crippen LogP contribution in [0.1, 0.15) is 30.4 Å². The van der Waals surface area contributed by atoms with Gasteiger partial charge in [0.1, 0.15) is 11.9 Å². The van der Waals surface area contributed by atoms with E-state index < -0.39 is 6.04 Å². The van der Waals surface area contributed by atoms with Gasteiger partial charge in [-0.2, -0.15) is 0 Å². The number of hydrogen-bond donors (Lipinski definition) is 1. The number of amides is 2. The van der Waals surface area contributed by atoms with Crippen LogP contribution in [0.15, 0.2) is 54.6 Å². The number of nitrogens with one attached hydrogen (secondary N) is 1. The van der Waals surface area contributed by atoms with Crippen LogP contribution < -0.4 is 5.32 Å². The lowest BCUT2D eigenvalue weighted by atomic mass is 10.1. The molecule has 2 aromatic rings. The predicted octanol–water partition coefficient (Wildman–Crippen LogP) is 2.68. The zero-order chi connectivity index (χ0) is 24.2. The molecule has 2 aromatic carbocycles. The summed E-state index contributed by atoms with van der Waals surface area (Å²) in [4.78, 5) is 33.0. The molecule has 2 saturated heterocycles. The number of hydrogen-bond acceptors (Lipinski definition) is 4. The van der Waals surface area contributed by atoms with Gasteiger partial charge in [-0.05, 0) is 48.9 Å². The second kappa shape index (κ2) is 10.9. The zero-order valence-electron chi connectivity index (χ0n) is 20.2. The van der Waals surface area contributed by atoms with Crippen molar-refractivity contribution < 1.29 is 14.0 Å². The van der Waals surface area contributed by atoms with Gasteiger partial charge >= 0.3 is 0 Å². The van der Waals surface area contributed by atoms with Gasteiger partial charge < -0.3 is 15.1 Å². The highest BCUT2D eigenvalue weighted by Gasteiger charge is 2.46. The maximum absolute atomic E-state index is 13.5. The minimum atomic E-state index is -0.390. The molecule has 7 heteroatoms. The highest BCUT2D eigenvalue weighted by molar-refractivity contribution is 5.90. The van der Waals surface area contributed by atoms with Crippen molar-refractivity contribution in [3.05, 3.63) is 71.5 Å². The molecule has 2 atom stereocenters. The number of piperazine rings is 1. The highest BCUT2D eigenvalue weighted by Crippen LogP contribution is 2.35. The van der Waals surface area contributed by atoms with E-state index in [1.54, 1.807) is 0 Å². The average Bonchev–Trinajstić information content (AvgIpc) is 3.66. The van der Waals surface area contributed by atoms with Crippen molar-refractivity contribution in [2.45, 2.75) is 44.3 Å². The van der Waals surface area contributed by atoms with Crippen LogP contribution in [0.2, 0.25) is 0 Å². The molecule has 1 saturated carbocycles. The predicted molar refractivity (Wildman–Crippen MR) is 133 cm³/mol. The van der Waals surface area contributed by atoms with E-state index in [1.807, 2.05) is 40.1 Å². The Morgan fingerprint density at radius 2 is 1.66 bits per heavy atom. The number of benzene rings is 2. The molecule has 2 heterocycles. The Morgan fingerprint density at radius 1 is 0.943 bits per heavy atom. The molecule has 2 unspecified atom stereocenters. The molecule has 2 amide bonds. The summed E-state index contributed by atoms with van der Waals surface area (Å²) in [5.74, 6) is 0.0776. The summed E-state index contributed by atoms with van der Waals surface area (Å²) in [7, 11) is 0. The van der Waals surface area contributed by atoms with E-state index in [0.717, 1.165) is 44.5 Å². The number of halogens is 1. The molecule has 35 heavy (non-hydrogen) atoms. The molecule has 0 bridgehead atoms. The summed E-state index contributed by atoms with van der Waals surface area (Å²) in [5, 5.41) is 3.30. The number of nitrogens with zero attached hydrogens (tertiary/aromatic N) is 3. The lowest BCUT2D eigenvalue weighted by Gasteiger charge is -2.32. The van der Waals surface area contributed by atoms with Gasteiger partial charge in [0.2, 0.25) is 11.8 Å². The third-order valence-corrected chi connectivity index (χ3v) is 7.55. The van der Waals surface area contributed by atoms with Crippen molar-refractivity contribution >= 4 is 11.8 Å². The molecule has 0 radical (unpaired) electrons. The van der Waals surface area contributed by atoms with Crippen molar-refractivity contribution in [2.75, 3.05) is 39.3 Å². The Morgan fingerprint density at radius 3 is 2.34 bits per heavy atom. The lowest BCUT2D eigenvalue weighted by Crippen LogP contribution is -2.53. The zero-order valence-corrected chi connectivity index (χ0v) is 20.2. The quantitative estimate of drug-likeness (QED) is 0.634. The van der Waals surface area contributed by atoms with Crippen molar-refractivity contribution in [3.8, 4) is 0 Å². The fourth-order valence-corrected chi connectivity index (χ4v) is 5.35. The fraction of sp³-hybridized carbons (Fsp3) is 0.500. The Labute approximate surface area is 207 Å². The molecule has 6 nitrogen and oxygen atoms in total. The second-order valence-corrected chi connectivity index (χ2v) is 10.1. The Kier molecular flexibility index (Phi) is 7.44. The van der Waals surface area contributed by atoms with Crippen LogP contribution in [0.3, 0.4) is 0 Å². The molecule has 1 N–H and O–H groups in total.